The molecule has 0 fully saturated rings. The molecule has 0 spiro atoms. The average Bonchev–Trinajstić information content (AvgIpc) is 2.79. The van der Waals surface area contributed by atoms with E-state index < -0.39 is 12.2 Å². The van der Waals surface area contributed by atoms with Gasteiger partial charge in [0.1, 0.15) is 37.9 Å². The highest BCUT2D eigenvalue weighted by Gasteiger charge is 2.04. The number of carbonyl (C=O) groups is 2. The Hall–Kier alpha value is -2.72. The van der Waals surface area contributed by atoms with Crippen LogP contribution in [0.2, 0.25) is 0 Å². The quantitative estimate of drug-likeness (QED) is 0.314. The fourth-order valence-electron chi connectivity index (χ4n) is 2.31. The number of ether oxygens (including phenoxy) is 4. The molecule has 2 rings (SSSR count). The largest absolute Gasteiger partial charge is 0.490 e. The summed E-state index contributed by atoms with van der Waals surface area (Å²) < 4.78 is 21.3. The van der Waals surface area contributed by atoms with E-state index in [0.717, 1.165) is 9.79 Å². The van der Waals surface area contributed by atoms with Crippen LogP contribution >= 0.6 is 21.6 Å². The molecule has 32 heavy (non-hydrogen) atoms. The SMILES string of the molecule is CCNC(=O)OCCOc1cccc(SSc2cccc(OCCOC(=O)NCC)c2)c1. The van der Waals surface area contributed by atoms with Crippen LogP contribution in [0.5, 0.6) is 11.5 Å². The molecule has 0 aliphatic heterocycles. The third-order valence-electron chi connectivity index (χ3n) is 3.66. The number of amides is 2. The molecule has 0 heterocycles. The van der Waals surface area contributed by atoms with Gasteiger partial charge in [0, 0.05) is 22.9 Å². The Balaban J connectivity index is 1.74. The molecule has 174 valence electrons. The van der Waals surface area contributed by atoms with Crippen molar-refractivity contribution in [1.82, 2.24) is 10.6 Å². The van der Waals surface area contributed by atoms with Crippen LogP contribution in [0.3, 0.4) is 0 Å². The van der Waals surface area contributed by atoms with Crippen molar-refractivity contribution < 1.29 is 28.5 Å². The second kappa shape index (κ2) is 15.1. The highest BCUT2D eigenvalue weighted by atomic mass is 33.1. The van der Waals surface area contributed by atoms with E-state index in [2.05, 4.69) is 10.6 Å². The molecule has 2 aromatic carbocycles. The predicted molar refractivity (Wildman–Crippen MR) is 126 cm³/mol. The van der Waals surface area contributed by atoms with Crippen LogP contribution in [-0.4, -0.2) is 51.7 Å². The number of hydrogen-bond donors (Lipinski definition) is 2. The van der Waals surface area contributed by atoms with Crippen LogP contribution < -0.4 is 20.1 Å². The lowest BCUT2D eigenvalue weighted by Gasteiger charge is -2.10. The van der Waals surface area contributed by atoms with Gasteiger partial charge in [-0.1, -0.05) is 33.7 Å². The van der Waals surface area contributed by atoms with Crippen molar-refractivity contribution in [2.45, 2.75) is 23.6 Å². The molecule has 0 unspecified atom stereocenters. The summed E-state index contributed by atoms with van der Waals surface area (Å²) in [4.78, 5) is 24.6. The Morgan fingerprint density at radius 1 is 0.719 bits per heavy atom. The van der Waals surface area contributed by atoms with Gasteiger partial charge in [-0.2, -0.15) is 0 Å². The zero-order chi connectivity index (χ0) is 23.0. The maximum absolute atomic E-state index is 11.3. The molecule has 2 aromatic rings. The molecular weight excluding hydrogens is 452 g/mol. The molecule has 0 bridgehead atoms. The molecular formula is C22H28N2O6S2. The summed E-state index contributed by atoms with van der Waals surface area (Å²) in [5.74, 6) is 1.42. The summed E-state index contributed by atoms with van der Waals surface area (Å²) in [7, 11) is 3.19. The topological polar surface area (TPSA) is 95.1 Å². The first-order valence-corrected chi connectivity index (χ1v) is 12.4. The third kappa shape index (κ3) is 10.5. The van der Waals surface area contributed by atoms with Gasteiger partial charge in [-0.25, -0.2) is 9.59 Å². The van der Waals surface area contributed by atoms with Crippen LogP contribution in [0.25, 0.3) is 0 Å². The maximum atomic E-state index is 11.3. The van der Waals surface area contributed by atoms with Gasteiger partial charge in [0.05, 0.1) is 0 Å². The van der Waals surface area contributed by atoms with E-state index in [9.17, 15) is 9.59 Å². The summed E-state index contributed by atoms with van der Waals surface area (Å²) in [5.41, 5.74) is 0. The summed E-state index contributed by atoms with van der Waals surface area (Å²) in [6.45, 7) is 5.62. The molecule has 0 radical (unpaired) electrons. The van der Waals surface area contributed by atoms with Crippen molar-refractivity contribution in [3.05, 3.63) is 48.5 Å². The summed E-state index contributed by atoms with van der Waals surface area (Å²) >= 11 is 0. The molecule has 8 nitrogen and oxygen atoms in total. The van der Waals surface area contributed by atoms with Gasteiger partial charge in [0.25, 0.3) is 0 Å². The lowest BCUT2D eigenvalue weighted by molar-refractivity contribution is 0.125. The van der Waals surface area contributed by atoms with Gasteiger partial charge in [-0.15, -0.1) is 0 Å². The van der Waals surface area contributed by atoms with E-state index in [1.54, 1.807) is 21.6 Å². The molecule has 10 heteroatoms. The van der Waals surface area contributed by atoms with E-state index in [1.807, 2.05) is 62.4 Å². The van der Waals surface area contributed by atoms with Gasteiger partial charge < -0.3 is 29.6 Å². The van der Waals surface area contributed by atoms with E-state index in [0.29, 0.717) is 24.6 Å². The Morgan fingerprint density at radius 3 is 1.56 bits per heavy atom. The van der Waals surface area contributed by atoms with Crippen LogP contribution in [0.15, 0.2) is 58.3 Å². The minimum Gasteiger partial charge on any atom is -0.490 e. The second-order valence-corrected chi connectivity index (χ2v) is 8.42. The first-order valence-electron chi connectivity index (χ1n) is 10.2. The highest BCUT2D eigenvalue weighted by molar-refractivity contribution is 8.76. The lowest BCUT2D eigenvalue weighted by atomic mass is 10.3. The van der Waals surface area contributed by atoms with Crippen molar-refractivity contribution in [2.75, 3.05) is 39.5 Å². The average molecular weight is 481 g/mol. The number of benzene rings is 2. The monoisotopic (exact) mass is 480 g/mol. The van der Waals surface area contributed by atoms with Gasteiger partial charge >= 0.3 is 12.2 Å². The van der Waals surface area contributed by atoms with E-state index in [4.69, 9.17) is 18.9 Å². The van der Waals surface area contributed by atoms with Crippen molar-refractivity contribution in [2.24, 2.45) is 0 Å². The van der Waals surface area contributed by atoms with Crippen molar-refractivity contribution in [3.8, 4) is 11.5 Å². The van der Waals surface area contributed by atoms with Crippen LogP contribution in [0.4, 0.5) is 9.59 Å². The molecule has 0 atom stereocenters. The van der Waals surface area contributed by atoms with Crippen molar-refractivity contribution in [3.63, 3.8) is 0 Å². The first kappa shape index (κ1) is 25.5. The van der Waals surface area contributed by atoms with Crippen LogP contribution in [-0.2, 0) is 9.47 Å². The van der Waals surface area contributed by atoms with Crippen LogP contribution in [0, 0.1) is 0 Å². The maximum Gasteiger partial charge on any atom is 0.407 e. The van der Waals surface area contributed by atoms with Gasteiger partial charge in [-0.05, 0) is 50.2 Å². The lowest BCUT2D eigenvalue weighted by Crippen LogP contribution is -2.25. The fourth-order valence-corrected chi connectivity index (χ4v) is 4.29. The molecule has 0 saturated heterocycles. The first-order chi connectivity index (χ1) is 15.6. The zero-order valence-corrected chi connectivity index (χ0v) is 19.8. The highest BCUT2D eigenvalue weighted by Crippen LogP contribution is 2.39. The molecule has 2 amide bonds. The van der Waals surface area contributed by atoms with E-state index in [1.165, 1.54) is 0 Å². The summed E-state index contributed by atoms with van der Waals surface area (Å²) in [5, 5.41) is 5.12. The minimum absolute atomic E-state index is 0.180. The Morgan fingerprint density at radius 2 is 1.16 bits per heavy atom. The Labute approximate surface area is 196 Å². The number of carbonyl (C=O) groups excluding carboxylic acids is 2. The molecule has 0 aliphatic carbocycles. The Kier molecular flexibility index (Phi) is 12.1. The summed E-state index contributed by atoms with van der Waals surface area (Å²) in [6, 6.07) is 15.4. The normalized spacial score (nSPS) is 10.2. The van der Waals surface area contributed by atoms with Gasteiger partial charge in [0.15, 0.2) is 0 Å². The van der Waals surface area contributed by atoms with Gasteiger partial charge in [0.2, 0.25) is 0 Å². The smallest absolute Gasteiger partial charge is 0.407 e. The molecule has 0 aliphatic rings. The molecule has 0 aromatic heterocycles. The van der Waals surface area contributed by atoms with Crippen molar-refractivity contribution >= 4 is 33.8 Å². The molecule has 2 N–H and O–H groups in total. The van der Waals surface area contributed by atoms with Crippen LogP contribution in [0.1, 0.15) is 13.8 Å². The fraction of sp³-hybridized carbons (Fsp3) is 0.364. The third-order valence-corrected chi connectivity index (χ3v) is 6.04. The minimum atomic E-state index is -0.447. The number of hydrogen-bond acceptors (Lipinski definition) is 8. The predicted octanol–water partition coefficient (Wildman–Crippen LogP) is 4.74. The standard InChI is InChI=1S/C22H28N2O6S2/c1-3-23-21(25)29-13-11-27-17-7-5-9-19(15-17)31-32-20-10-6-8-18(16-20)28-12-14-30-22(26)24-4-2/h5-10,15-16H,3-4,11-14H2,1-2H3,(H,23,25)(H,24,26). The van der Waals surface area contributed by atoms with Crippen molar-refractivity contribution in [1.29, 1.82) is 0 Å². The number of nitrogens with one attached hydrogen (secondary N) is 2. The number of rotatable bonds is 13. The van der Waals surface area contributed by atoms with E-state index >= 15 is 0 Å². The molecule has 0 saturated carbocycles. The van der Waals surface area contributed by atoms with Gasteiger partial charge in [-0.3, -0.25) is 0 Å². The van der Waals surface area contributed by atoms with E-state index in [-0.39, 0.29) is 26.4 Å². The zero-order valence-electron chi connectivity index (χ0n) is 18.1. The summed E-state index contributed by atoms with van der Waals surface area (Å²) in [6.07, 6.45) is -0.893. The Bertz CT molecular complexity index is 783. The number of alkyl carbamates (subject to hydrolysis) is 2. The second-order valence-electron chi connectivity index (χ2n) is 6.15.